The summed E-state index contributed by atoms with van der Waals surface area (Å²) >= 11 is 0. The zero-order valence-electron chi connectivity index (χ0n) is 21.8. The predicted molar refractivity (Wildman–Crippen MR) is 158 cm³/mol. The lowest BCUT2D eigenvalue weighted by Crippen LogP contribution is -2.29. The van der Waals surface area contributed by atoms with Gasteiger partial charge >= 0.3 is 5.97 Å². The van der Waals surface area contributed by atoms with E-state index in [1.165, 1.54) is 19.2 Å². The molecule has 2 N–H and O–H groups in total. The van der Waals surface area contributed by atoms with Gasteiger partial charge in [-0.1, -0.05) is 66.7 Å². The molecule has 0 saturated heterocycles. The number of methoxy groups -OCH3 is 1. The number of esters is 1. The molecule has 0 fully saturated rings. The molecule has 0 aliphatic rings. The molecule has 0 aromatic heterocycles. The van der Waals surface area contributed by atoms with Crippen molar-refractivity contribution in [1.82, 2.24) is 0 Å². The van der Waals surface area contributed by atoms with E-state index in [-0.39, 0.29) is 23.9 Å². The lowest BCUT2D eigenvalue weighted by atomic mass is 10.1. The normalized spacial score (nSPS) is 10.5. The fraction of sp³-hybridized carbons (Fsp3) is 0.0606. The van der Waals surface area contributed by atoms with E-state index < -0.39 is 5.97 Å². The number of amides is 2. The van der Waals surface area contributed by atoms with Crippen LogP contribution in [0.5, 0.6) is 0 Å². The van der Waals surface area contributed by atoms with Crippen LogP contribution in [-0.4, -0.2) is 31.4 Å². The van der Waals surface area contributed by atoms with Crippen molar-refractivity contribution in [2.45, 2.75) is 0 Å². The van der Waals surface area contributed by atoms with E-state index in [2.05, 4.69) is 10.6 Å². The highest BCUT2D eigenvalue weighted by Gasteiger charge is 2.17. The Morgan fingerprint density at radius 1 is 0.625 bits per heavy atom. The Balaban J connectivity index is 1.38. The standard InChI is InChI=1S/C33H27N3O4/c1-40-33(39)26-19-27(21-28(20-26)35-32(38)25-17-16-23-10-8-9-11-24(23)18-25)34-31(37)22-36(29-12-4-2-5-13-29)30-14-6-3-7-15-30/h2-21H,22H2,1H3,(H,34,37)(H,35,38). The van der Waals surface area contributed by atoms with Gasteiger partial charge < -0.3 is 20.3 Å². The summed E-state index contributed by atoms with van der Waals surface area (Å²) in [4.78, 5) is 40.6. The van der Waals surface area contributed by atoms with Gasteiger partial charge in [0.1, 0.15) is 6.54 Å². The molecule has 0 aliphatic heterocycles. The Labute approximate surface area is 232 Å². The van der Waals surface area contributed by atoms with E-state index >= 15 is 0 Å². The lowest BCUT2D eigenvalue weighted by molar-refractivity contribution is -0.114. The lowest BCUT2D eigenvalue weighted by Gasteiger charge is -2.24. The van der Waals surface area contributed by atoms with Gasteiger partial charge in [0.15, 0.2) is 0 Å². The minimum atomic E-state index is -0.590. The van der Waals surface area contributed by atoms with E-state index in [0.29, 0.717) is 16.9 Å². The number of nitrogens with zero attached hydrogens (tertiary/aromatic N) is 1. The third-order valence-electron chi connectivity index (χ3n) is 6.34. The van der Waals surface area contributed by atoms with E-state index in [1.54, 1.807) is 18.2 Å². The Morgan fingerprint density at radius 2 is 1.20 bits per heavy atom. The summed E-state index contributed by atoms with van der Waals surface area (Å²) in [6, 6.07) is 37.0. The minimum absolute atomic E-state index is 0.0231. The molecule has 7 heteroatoms. The van der Waals surface area contributed by atoms with E-state index in [4.69, 9.17) is 4.74 Å². The van der Waals surface area contributed by atoms with Crippen LogP contribution in [0, 0.1) is 0 Å². The van der Waals surface area contributed by atoms with Gasteiger partial charge in [-0.05, 0) is 65.4 Å². The number of rotatable bonds is 8. The van der Waals surface area contributed by atoms with Crippen LogP contribution in [0.15, 0.2) is 121 Å². The first kappa shape index (κ1) is 26.2. The highest BCUT2D eigenvalue weighted by molar-refractivity contribution is 6.07. The monoisotopic (exact) mass is 529 g/mol. The van der Waals surface area contributed by atoms with Crippen molar-refractivity contribution in [2.24, 2.45) is 0 Å². The van der Waals surface area contributed by atoms with Crippen LogP contribution < -0.4 is 15.5 Å². The number of benzene rings is 5. The zero-order valence-corrected chi connectivity index (χ0v) is 21.8. The van der Waals surface area contributed by atoms with Crippen LogP contribution in [0.4, 0.5) is 22.7 Å². The number of hydrogen-bond acceptors (Lipinski definition) is 5. The summed E-state index contributed by atoms with van der Waals surface area (Å²) in [6.07, 6.45) is 0. The summed E-state index contributed by atoms with van der Waals surface area (Å²) < 4.78 is 4.90. The van der Waals surface area contributed by atoms with Gasteiger partial charge in [-0.25, -0.2) is 4.79 Å². The van der Waals surface area contributed by atoms with Gasteiger partial charge in [0.05, 0.1) is 12.7 Å². The van der Waals surface area contributed by atoms with Gasteiger partial charge in [-0.2, -0.15) is 0 Å². The van der Waals surface area contributed by atoms with Gasteiger partial charge in [0.2, 0.25) is 5.91 Å². The number of nitrogens with one attached hydrogen (secondary N) is 2. The second kappa shape index (κ2) is 12.0. The maximum Gasteiger partial charge on any atom is 0.337 e. The summed E-state index contributed by atoms with van der Waals surface area (Å²) in [5.41, 5.74) is 3.07. The van der Waals surface area contributed by atoms with Crippen LogP contribution in [0.25, 0.3) is 10.8 Å². The highest BCUT2D eigenvalue weighted by Crippen LogP contribution is 2.26. The third kappa shape index (κ3) is 6.16. The largest absolute Gasteiger partial charge is 0.465 e. The molecule has 7 nitrogen and oxygen atoms in total. The zero-order chi connectivity index (χ0) is 27.9. The van der Waals surface area contributed by atoms with Crippen LogP contribution >= 0.6 is 0 Å². The SMILES string of the molecule is COC(=O)c1cc(NC(=O)CN(c2ccccc2)c2ccccc2)cc(NC(=O)c2ccc3ccccc3c2)c1. The van der Waals surface area contributed by atoms with Crippen molar-refractivity contribution in [3.63, 3.8) is 0 Å². The third-order valence-corrected chi connectivity index (χ3v) is 6.34. The first-order chi connectivity index (χ1) is 19.5. The van der Waals surface area contributed by atoms with Crippen LogP contribution in [-0.2, 0) is 9.53 Å². The molecule has 0 atom stereocenters. The topological polar surface area (TPSA) is 87.7 Å². The predicted octanol–water partition coefficient (Wildman–Crippen LogP) is 6.66. The fourth-order valence-corrected chi connectivity index (χ4v) is 4.43. The Morgan fingerprint density at radius 3 is 1.82 bits per heavy atom. The average molecular weight is 530 g/mol. The number of fused-ring (bicyclic) bond motifs is 1. The Kier molecular flexibility index (Phi) is 7.83. The van der Waals surface area contributed by atoms with Crippen LogP contribution in [0.3, 0.4) is 0 Å². The van der Waals surface area contributed by atoms with Gasteiger partial charge in [0, 0.05) is 28.3 Å². The molecule has 0 heterocycles. The van der Waals surface area contributed by atoms with E-state index in [0.717, 1.165) is 22.1 Å². The molecular weight excluding hydrogens is 502 g/mol. The van der Waals surface area contributed by atoms with Crippen molar-refractivity contribution in [1.29, 1.82) is 0 Å². The molecule has 198 valence electrons. The minimum Gasteiger partial charge on any atom is -0.465 e. The van der Waals surface area contributed by atoms with Crippen molar-refractivity contribution in [3.05, 3.63) is 132 Å². The van der Waals surface area contributed by atoms with Crippen molar-refractivity contribution in [2.75, 3.05) is 29.2 Å². The van der Waals surface area contributed by atoms with E-state index in [9.17, 15) is 14.4 Å². The van der Waals surface area contributed by atoms with Crippen LogP contribution in [0.2, 0.25) is 0 Å². The molecule has 0 radical (unpaired) electrons. The molecule has 40 heavy (non-hydrogen) atoms. The number of ether oxygens (including phenoxy) is 1. The maximum atomic E-state index is 13.2. The second-order valence-corrected chi connectivity index (χ2v) is 9.11. The number of para-hydroxylation sites is 2. The first-order valence-corrected chi connectivity index (χ1v) is 12.7. The summed E-state index contributed by atoms with van der Waals surface area (Å²) in [5.74, 6) is -1.24. The van der Waals surface area contributed by atoms with Gasteiger partial charge in [-0.3, -0.25) is 9.59 Å². The number of anilines is 4. The van der Waals surface area contributed by atoms with Gasteiger partial charge in [-0.15, -0.1) is 0 Å². The quantitative estimate of drug-likeness (QED) is 0.220. The molecule has 5 rings (SSSR count). The van der Waals surface area contributed by atoms with Crippen molar-refractivity contribution in [3.8, 4) is 0 Å². The molecule has 0 saturated carbocycles. The Bertz CT molecular complexity index is 1630. The summed E-state index contributed by atoms with van der Waals surface area (Å²) in [5, 5.41) is 7.67. The molecule has 0 unspecified atom stereocenters. The molecule has 0 spiro atoms. The Hall–Kier alpha value is -5.43. The number of hydrogen-bond donors (Lipinski definition) is 2. The molecule has 0 aliphatic carbocycles. The second-order valence-electron chi connectivity index (χ2n) is 9.11. The highest BCUT2D eigenvalue weighted by atomic mass is 16.5. The summed E-state index contributed by atoms with van der Waals surface area (Å²) in [6.45, 7) is 0.0231. The maximum absolute atomic E-state index is 13.2. The van der Waals surface area contributed by atoms with Crippen LogP contribution in [0.1, 0.15) is 20.7 Å². The van der Waals surface area contributed by atoms with Crippen molar-refractivity contribution < 1.29 is 19.1 Å². The van der Waals surface area contributed by atoms with E-state index in [1.807, 2.05) is 95.9 Å². The van der Waals surface area contributed by atoms with Crippen molar-refractivity contribution >= 4 is 51.3 Å². The summed E-state index contributed by atoms with van der Waals surface area (Å²) in [7, 11) is 1.28. The molecule has 2 amide bonds. The smallest absolute Gasteiger partial charge is 0.337 e. The molecule has 0 bridgehead atoms. The number of carbonyl (C=O) groups excluding carboxylic acids is 3. The fourth-order valence-electron chi connectivity index (χ4n) is 4.43. The molecular formula is C33H27N3O4. The molecule has 5 aromatic rings. The van der Waals surface area contributed by atoms with Gasteiger partial charge in [0.25, 0.3) is 5.91 Å². The number of carbonyl (C=O) groups is 3. The molecule has 5 aromatic carbocycles. The first-order valence-electron chi connectivity index (χ1n) is 12.7. The average Bonchev–Trinajstić information content (AvgIpc) is 3.00.